The van der Waals surface area contributed by atoms with Crippen LogP contribution in [-0.2, 0) is 10.0 Å². The van der Waals surface area contributed by atoms with Crippen LogP contribution < -0.4 is 4.72 Å². The maximum Gasteiger partial charge on any atom is 0.337 e. The fourth-order valence-corrected chi connectivity index (χ4v) is 3.76. The molecule has 0 aliphatic heterocycles. The van der Waals surface area contributed by atoms with Gasteiger partial charge in [-0.3, -0.25) is 9.71 Å². The van der Waals surface area contributed by atoms with Gasteiger partial charge in [0.05, 0.1) is 17.4 Å². The standard InChI is InChI=1S/C11H10N2O4S2/c1-7-2-3-10(18-7)19(16,17)13-9-6-12-5-4-8(9)11(14)15/h2-6,13H,1H3,(H,14,15). The van der Waals surface area contributed by atoms with Crippen LogP contribution in [0.2, 0.25) is 0 Å². The second kappa shape index (κ2) is 4.98. The van der Waals surface area contributed by atoms with Crippen molar-refractivity contribution in [1.29, 1.82) is 0 Å². The van der Waals surface area contributed by atoms with Crippen LogP contribution in [0, 0.1) is 6.92 Å². The molecule has 0 unspecified atom stereocenters. The Morgan fingerprint density at radius 2 is 2.11 bits per heavy atom. The molecule has 0 saturated carbocycles. The molecule has 0 saturated heterocycles. The van der Waals surface area contributed by atoms with E-state index in [4.69, 9.17) is 5.11 Å². The highest BCUT2D eigenvalue weighted by molar-refractivity contribution is 7.94. The maximum atomic E-state index is 12.1. The van der Waals surface area contributed by atoms with E-state index in [1.54, 1.807) is 13.0 Å². The van der Waals surface area contributed by atoms with Crippen LogP contribution in [0.15, 0.2) is 34.8 Å². The zero-order valence-corrected chi connectivity index (χ0v) is 11.5. The van der Waals surface area contributed by atoms with E-state index in [0.29, 0.717) is 0 Å². The minimum absolute atomic E-state index is 0.0546. The number of aryl methyl sites for hydroxylation is 1. The molecule has 19 heavy (non-hydrogen) atoms. The predicted molar refractivity (Wildman–Crippen MR) is 71.1 cm³/mol. The van der Waals surface area contributed by atoms with Crippen molar-refractivity contribution in [2.24, 2.45) is 0 Å². The first-order chi connectivity index (χ1) is 8.90. The van der Waals surface area contributed by atoms with Crippen molar-refractivity contribution in [3.05, 3.63) is 41.0 Å². The highest BCUT2D eigenvalue weighted by Crippen LogP contribution is 2.24. The zero-order chi connectivity index (χ0) is 14.0. The van der Waals surface area contributed by atoms with Gasteiger partial charge in [0, 0.05) is 11.1 Å². The highest BCUT2D eigenvalue weighted by Gasteiger charge is 2.19. The van der Waals surface area contributed by atoms with E-state index in [1.807, 2.05) is 0 Å². The van der Waals surface area contributed by atoms with E-state index in [2.05, 4.69) is 9.71 Å². The van der Waals surface area contributed by atoms with Gasteiger partial charge in [-0.1, -0.05) is 0 Å². The molecule has 2 aromatic rings. The third kappa shape index (κ3) is 2.91. The Labute approximate surface area is 113 Å². The monoisotopic (exact) mass is 298 g/mol. The van der Waals surface area contributed by atoms with Crippen LogP contribution >= 0.6 is 11.3 Å². The van der Waals surface area contributed by atoms with Gasteiger partial charge >= 0.3 is 5.97 Å². The number of aromatic carboxylic acids is 1. The summed E-state index contributed by atoms with van der Waals surface area (Å²) in [6.45, 7) is 1.79. The minimum Gasteiger partial charge on any atom is -0.478 e. The first-order valence-corrected chi connectivity index (χ1v) is 7.46. The van der Waals surface area contributed by atoms with Crippen molar-refractivity contribution >= 4 is 33.0 Å². The summed E-state index contributed by atoms with van der Waals surface area (Å²) >= 11 is 1.11. The number of thiophene rings is 1. The summed E-state index contributed by atoms with van der Waals surface area (Å²) in [4.78, 5) is 15.6. The van der Waals surface area contributed by atoms with Crippen molar-refractivity contribution in [1.82, 2.24) is 4.98 Å². The summed E-state index contributed by atoms with van der Waals surface area (Å²) in [5, 5.41) is 8.98. The number of hydrogen-bond donors (Lipinski definition) is 2. The number of carboxylic acid groups (broad SMARTS) is 1. The second-order valence-electron chi connectivity index (χ2n) is 3.70. The largest absolute Gasteiger partial charge is 0.478 e. The van der Waals surface area contributed by atoms with Crippen molar-refractivity contribution in [3.8, 4) is 0 Å². The van der Waals surface area contributed by atoms with E-state index in [-0.39, 0.29) is 15.5 Å². The number of carbonyl (C=O) groups is 1. The number of pyridine rings is 1. The zero-order valence-electron chi connectivity index (χ0n) is 9.82. The van der Waals surface area contributed by atoms with Gasteiger partial charge in [-0.15, -0.1) is 11.3 Å². The van der Waals surface area contributed by atoms with E-state index < -0.39 is 16.0 Å². The van der Waals surface area contributed by atoms with Gasteiger partial charge in [-0.05, 0) is 25.1 Å². The summed E-state index contributed by atoms with van der Waals surface area (Å²) in [5.41, 5.74) is -0.201. The number of anilines is 1. The molecule has 0 fully saturated rings. The molecular weight excluding hydrogens is 288 g/mol. The average Bonchev–Trinajstić information content (AvgIpc) is 2.76. The molecule has 0 aliphatic carbocycles. The number of hydrogen-bond acceptors (Lipinski definition) is 5. The minimum atomic E-state index is -3.78. The van der Waals surface area contributed by atoms with Crippen LogP contribution in [0.4, 0.5) is 5.69 Å². The van der Waals surface area contributed by atoms with Gasteiger partial charge in [0.25, 0.3) is 10.0 Å². The fourth-order valence-electron chi connectivity index (χ4n) is 1.41. The summed E-state index contributed by atoms with van der Waals surface area (Å²) < 4.78 is 26.5. The fraction of sp³-hybridized carbons (Fsp3) is 0.0909. The molecule has 2 aromatic heterocycles. The van der Waals surface area contributed by atoms with Crippen molar-refractivity contribution in [2.75, 3.05) is 4.72 Å². The molecular formula is C11H10N2O4S2. The molecule has 100 valence electrons. The van der Waals surface area contributed by atoms with Crippen LogP contribution in [-0.4, -0.2) is 24.5 Å². The third-order valence-corrected chi connectivity index (χ3v) is 5.13. The number of carboxylic acids is 1. The Bertz CT molecular complexity index is 722. The van der Waals surface area contributed by atoms with E-state index in [0.717, 1.165) is 16.2 Å². The number of sulfonamides is 1. The lowest BCUT2D eigenvalue weighted by Gasteiger charge is -2.08. The van der Waals surface area contributed by atoms with Crippen LogP contribution in [0.3, 0.4) is 0 Å². The van der Waals surface area contributed by atoms with E-state index in [9.17, 15) is 13.2 Å². The van der Waals surface area contributed by atoms with Gasteiger partial charge in [0.15, 0.2) is 0 Å². The van der Waals surface area contributed by atoms with Gasteiger partial charge in [0.1, 0.15) is 4.21 Å². The quantitative estimate of drug-likeness (QED) is 0.899. The Morgan fingerprint density at radius 3 is 2.68 bits per heavy atom. The highest BCUT2D eigenvalue weighted by atomic mass is 32.2. The molecule has 2 N–H and O–H groups in total. The Hall–Kier alpha value is -1.93. The molecule has 0 spiro atoms. The molecule has 0 amide bonds. The first kappa shape index (κ1) is 13.5. The topological polar surface area (TPSA) is 96.4 Å². The van der Waals surface area contributed by atoms with E-state index in [1.165, 1.54) is 24.5 Å². The van der Waals surface area contributed by atoms with Crippen molar-refractivity contribution < 1.29 is 18.3 Å². The molecule has 0 bridgehead atoms. The second-order valence-corrected chi connectivity index (χ2v) is 6.89. The Morgan fingerprint density at radius 1 is 1.37 bits per heavy atom. The normalized spacial score (nSPS) is 11.2. The lowest BCUT2D eigenvalue weighted by atomic mass is 10.2. The SMILES string of the molecule is Cc1ccc(S(=O)(=O)Nc2cnccc2C(=O)O)s1. The Balaban J connectivity index is 2.39. The van der Waals surface area contributed by atoms with E-state index >= 15 is 0 Å². The number of aromatic nitrogens is 1. The molecule has 8 heteroatoms. The summed E-state index contributed by atoms with van der Waals surface area (Å²) in [6.07, 6.45) is 2.46. The van der Waals surface area contributed by atoms with Crippen LogP contribution in [0.25, 0.3) is 0 Å². The molecule has 0 radical (unpaired) electrons. The maximum absolute atomic E-state index is 12.1. The number of nitrogens with zero attached hydrogens (tertiary/aromatic N) is 1. The molecule has 2 rings (SSSR count). The van der Waals surface area contributed by atoms with Crippen LogP contribution in [0.5, 0.6) is 0 Å². The molecule has 0 atom stereocenters. The van der Waals surface area contributed by atoms with Crippen LogP contribution in [0.1, 0.15) is 15.2 Å². The molecule has 2 heterocycles. The predicted octanol–water partition coefficient (Wildman–Crippen LogP) is 1.95. The number of rotatable bonds is 4. The summed E-state index contributed by atoms with van der Waals surface area (Å²) in [5.74, 6) is -1.22. The first-order valence-electron chi connectivity index (χ1n) is 5.17. The molecule has 6 nitrogen and oxygen atoms in total. The van der Waals surface area contributed by atoms with Crippen molar-refractivity contribution in [2.45, 2.75) is 11.1 Å². The number of nitrogens with one attached hydrogen (secondary N) is 1. The molecule has 0 aromatic carbocycles. The van der Waals surface area contributed by atoms with Gasteiger partial charge in [0.2, 0.25) is 0 Å². The molecule has 0 aliphatic rings. The third-order valence-electron chi connectivity index (χ3n) is 2.28. The van der Waals surface area contributed by atoms with Gasteiger partial charge in [-0.2, -0.15) is 0 Å². The van der Waals surface area contributed by atoms with Gasteiger partial charge in [-0.25, -0.2) is 13.2 Å². The smallest absolute Gasteiger partial charge is 0.337 e. The lowest BCUT2D eigenvalue weighted by molar-refractivity contribution is 0.0698. The lowest BCUT2D eigenvalue weighted by Crippen LogP contribution is -2.14. The van der Waals surface area contributed by atoms with Crippen molar-refractivity contribution in [3.63, 3.8) is 0 Å². The van der Waals surface area contributed by atoms with Gasteiger partial charge < -0.3 is 5.11 Å². The summed E-state index contributed by atoms with van der Waals surface area (Å²) in [6, 6.07) is 4.39. The Kier molecular flexibility index (Phi) is 3.54. The summed E-state index contributed by atoms with van der Waals surface area (Å²) in [7, 11) is -3.78. The average molecular weight is 298 g/mol.